The van der Waals surface area contributed by atoms with Crippen LogP contribution in [0.4, 0.5) is 0 Å². The lowest BCUT2D eigenvalue weighted by atomic mass is 9.98. The van der Waals surface area contributed by atoms with Crippen molar-refractivity contribution in [3.05, 3.63) is 0 Å². The van der Waals surface area contributed by atoms with E-state index in [0.29, 0.717) is 0 Å². The Bertz CT molecular complexity index is 135. The molecule has 1 aliphatic heterocycles. The predicted octanol–water partition coefficient (Wildman–Crippen LogP) is 1.81. The number of likely N-dealkylation sites (N-methyl/N-ethyl adjacent to an activating group) is 1. The van der Waals surface area contributed by atoms with Gasteiger partial charge in [-0.3, -0.25) is 4.90 Å². The zero-order valence-corrected chi connectivity index (χ0v) is 9.58. The molecule has 1 fully saturated rings. The lowest BCUT2D eigenvalue weighted by Crippen LogP contribution is -2.46. The molecule has 1 rings (SSSR count). The summed E-state index contributed by atoms with van der Waals surface area (Å²) in [6, 6.07) is 1.59. The monoisotopic (exact) mass is 184 g/mol. The van der Waals surface area contributed by atoms with Gasteiger partial charge >= 0.3 is 0 Å². The Morgan fingerprint density at radius 1 is 1.15 bits per heavy atom. The van der Waals surface area contributed by atoms with Gasteiger partial charge in [-0.2, -0.15) is 0 Å². The van der Waals surface area contributed by atoms with Crippen molar-refractivity contribution in [2.24, 2.45) is 0 Å². The molecule has 1 saturated heterocycles. The molecule has 78 valence electrons. The van der Waals surface area contributed by atoms with Crippen molar-refractivity contribution in [1.29, 1.82) is 0 Å². The Morgan fingerprint density at radius 2 is 1.69 bits per heavy atom. The van der Waals surface area contributed by atoms with Gasteiger partial charge in [-0.15, -0.1) is 0 Å². The van der Waals surface area contributed by atoms with Crippen LogP contribution < -0.4 is 0 Å². The third kappa shape index (κ3) is 3.28. The van der Waals surface area contributed by atoms with Gasteiger partial charge in [0.2, 0.25) is 0 Å². The SMILES string of the molecule is CC1CCCC(C)N1CCN(C)C. The Balaban J connectivity index is 2.35. The highest BCUT2D eigenvalue weighted by molar-refractivity contribution is 4.79. The molecule has 0 aromatic carbocycles. The summed E-state index contributed by atoms with van der Waals surface area (Å²) in [5.74, 6) is 0. The second-order valence-electron chi connectivity index (χ2n) is 4.67. The summed E-state index contributed by atoms with van der Waals surface area (Å²) in [6.07, 6.45) is 4.19. The van der Waals surface area contributed by atoms with Crippen LogP contribution in [0.1, 0.15) is 33.1 Å². The summed E-state index contributed by atoms with van der Waals surface area (Å²) >= 11 is 0. The van der Waals surface area contributed by atoms with E-state index >= 15 is 0 Å². The molecule has 0 aromatic heterocycles. The van der Waals surface area contributed by atoms with Crippen LogP contribution in [0.5, 0.6) is 0 Å². The van der Waals surface area contributed by atoms with Crippen molar-refractivity contribution in [3.63, 3.8) is 0 Å². The van der Waals surface area contributed by atoms with E-state index in [2.05, 4.69) is 37.7 Å². The van der Waals surface area contributed by atoms with Gasteiger partial charge < -0.3 is 4.90 Å². The predicted molar refractivity (Wildman–Crippen MR) is 58.0 cm³/mol. The second kappa shape index (κ2) is 4.97. The Morgan fingerprint density at radius 3 is 2.15 bits per heavy atom. The first-order valence-electron chi connectivity index (χ1n) is 5.51. The third-order valence-corrected chi connectivity index (χ3v) is 3.18. The smallest absolute Gasteiger partial charge is 0.0115 e. The lowest BCUT2D eigenvalue weighted by Gasteiger charge is -2.39. The molecule has 0 saturated carbocycles. The first-order valence-corrected chi connectivity index (χ1v) is 5.51. The molecule has 0 bridgehead atoms. The average Bonchev–Trinajstić information content (AvgIpc) is 2.03. The summed E-state index contributed by atoms with van der Waals surface area (Å²) < 4.78 is 0. The largest absolute Gasteiger partial charge is 0.308 e. The third-order valence-electron chi connectivity index (χ3n) is 3.18. The fraction of sp³-hybridized carbons (Fsp3) is 1.00. The van der Waals surface area contributed by atoms with E-state index in [-0.39, 0.29) is 0 Å². The fourth-order valence-corrected chi connectivity index (χ4v) is 2.23. The molecule has 0 aromatic rings. The molecule has 2 atom stereocenters. The summed E-state index contributed by atoms with van der Waals surface area (Å²) in [7, 11) is 4.30. The molecule has 0 radical (unpaired) electrons. The van der Waals surface area contributed by atoms with Crippen molar-refractivity contribution < 1.29 is 0 Å². The van der Waals surface area contributed by atoms with Crippen LogP contribution in [0.15, 0.2) is 0 Å². The normalized spacial score (nSPS) is 31.2. The van der Waals surface area contributed by atoms with E-state index in [1.54, 1.807) is 0 Å². The summed E-state index contributed by atoms with van der Waals surface area (Å²) in [4.78, 5) is 4.93. The number of piperidine rings is 1. The topological polar surface area (TPSA) is 6.48 Å². The molecule has 0 amide bonds. The van der Waals surface area contributed by atoms with Crippen LogP contribution >= 0.6 is 0 Å². The van der Waals surface area contributed by atoms with Gasteiger partial charge in [0.05, 0.1) is 0 Å². The highest BCUT2D eigenvalue weighted by Crippen LogP contribution is 2.21. The van der Waals surface area contributed by atoms with Crippen molar-refractivity contribution in [2.75, 3.05) is 27.2 Å². The first kappa shape index (κ1) is 11.0. The molecule has 2 unspecified atom stereocenters. The van der Waals surface area contributed by atoms with Crippen LogP contribution in [-0.4, -0.2) is 49.1 Å². The summed E-state index contributed by atoms with van der Waals surface area (Å²) in [6.45, 7) is 7.15. The fourth-order valence-electron chi connectivity index (χ4n) is 2.23. The molecule has 1 aliphatic rings. The number of hydrogen-bond donors (Lipinski definition) is 0. The highest BCUT2D eigenvalue weighted by atomic mass is 15.2. The van der Waals surface area contributed by atoms with Crippen molar-refractivity contribution in [3.8, 4) is 0 Å². The van der Waals surface area contributed by atoms with Gasteiger partial charge in [0.15, 0.2) is 0 Å². The van der Waals surface area contributed by atoms with Crippen LogP contribution in [0.2, 0.25) is 0 Å². The van der Waals surface area contributed by atoms with E-state index in [9.17, 15) is 0 Å². The second-order valence-corrected chi connectivity index (χ2v) is 4.67. The molecular weight excluding hydrogens is 160 g/mol. The van der Waals surface area contributed by atoms with E-state index in [1.807, 2.05) is 0 Å². The lowest BCUT2D eigenvalue weighted by molar-refractivity contribution is 0.0950. The van der Waals surface area contributed by atoms with Gasteiger partial charge in [0.1, 0.15) is 0 Å². The molecule has 0 spiro atoms. The van der Waals surface area contributed by atoms with Crippen molar-refractivity contribution in [1.82, 2.24) is 9.80 Å². The maximum Gasteiger partial charge on any atom is 0.0115 e. The average molecular weight is 184 g/mol. The van der Waals surface area contributed by atoms with Gasteiger partial charge in [-0.25, -0.2) is 0 Å². The van der Waals surface area contributed by atoms with Crippen LogP contribution in [0, 0.1) is 0 Å². The molecular formula is C11H24N2. The quantitative estimate of drug-likeness (QED) is 0.660. The number of likely N-dealkylation sites (tertiary alicyclic amines) is 1. The Hall–Kier alpha value is -0.0800. The zero-order valence-electron chi connectivity index (χ0n) is 9.58. The van der Waals surface area contributed by atoms with E-state index in [4.69, 9.17) is 0 Å². The molecule has 13 heavy (non-hydrogen) atoms. The van der Waals surface area contributed by atoms with Crippen LogP contribution in [-0.2, 0) is 0 Å². The van der Waals surface area contributed by atoms with E-state index in [0.717, 1.165) is 12.1 Å². The Kier molecular flexibility index (Phi) is 4.20. The maximum atomic E-state index is 2.66. The van der Waals surface area contributed by atoms with E-state index in [1.165, 1.54) is 32.4 Å². The maximum absolute atomic E-state index is 2.66. The van der Waals surface area contributed by atoms with Gasteiger partial charge in [-0.05, 0) is 40.8 Å². The van der Waals surface area contributed by atoms with Gasteiger partial charge in [-0.1, -0.05) is 6.42 Å². The van der Waals surface area contributed by atoms with Crippen molar-refractivity contribution >= 4 is 0 Å². The van der Waals surface area contributed by atoms with E-state index < -0.39 is 0 Å². The number of nitrogens with zero attached hydrogens (tertiary/aromatic N) is 2. The molecule has 2 nitrogen and oxygen atoms in total. The van der Waals surface area contributed by atoms with Crippen LogP contribution in [0.3, 0.4) is 0 Å². The minimum Gasteiger partial charge on any atom is -0.308 e. The number of rotatable bonds is 3. The minimum absolute atomic E-state index is 0.795. The summed E-state index contributed by atoms with van der Waals surface area (Å²) in [5, 5.41) is 0. The molecule has 0 N–H and O–H groups in total. The molecule has 1 heterocycles. The van der Waals surface area contributed by atoms with Gasteiger partial charge in [0.25, 0.3) is 0 Å². The Labute approximate surface area is 82.9 Å². The molecule has 2 heteroatoms. The number of hydrogen-bond acceptors (Lipinski definition) is 2. The standard InChI is InChI=1S/C11H24N2/c1-10-6-5-7-11(2)13(10)9-8-12(3)4/h10-11H,5-9H2,1-4H3. The summed E-state index contributed by atoms with van der Waals surface area (Å²) in [5.41, 5.74) is 0. The van der Waals surface area contributed by atoms with Crippen LogP contribution in [0.25, 0.3) is 0 Å². The first-order chi connectivity index (χ1) is 6.11. The van der Waals surface area contributed by atoms with Crippen molar-refractivity contribution in [2.45, 2.75) is 45.2 Å². The van der Waals surface area contributed by atoms with Gasteiger partial charge in [0, 0.05) is 25.2 Å². The molecule has 0 aliphatic carbocycles. The highest BCUT2D eigenvalue weighted by Gasteiger charge is 2.23. The minimum atomic E-state index is 0.795. The zero-order chi connectivity index (χ0) is 9.84.